The lowest BCUT2D eigenvalue weighted by atomic mass is 10.2. The summed E-state index contributed by atoms with van der Waals surface area (Å²) >= 11 is 0. The Morgan fingerprint density at radius 3 is 2.93 bits per heavy atom. The van der Waals surface area contributed by atoms with Crippen molar-refractivity contribution < 1.29 is 4.39 Å². The van der Waals surface area contributed by atoms with Crippen molar-refractivity contribution in [3.8, 4) is 11.4 Å². The second-order valence-corrected chi connectivity index (χ2v) is 2.93. The van der Waals surface area contributed by atoms with Crippen LogP contribution >= 0.6 is 0 Å². The second kappa shape index (κ2) is 4.00. The van der Waals surface area contributed by atoms with E-state index in [2.05, 4.69) is 20.5 Å². The summed E-state index contributed by atoms with van der Waals surface area (Å²) in [6, 6.07) is 6.09. The van der Waals surface area contributed by atoms with Crippen LogP contribution in [0.2, 0.25) is 0 Å². The highest BCUT2D eigenvalue weighted by Gasteiger charge is 2.03. The van der Waals surface area contributed by atoms with Crippen molar-refractivity contribution in [2.75, 3.05) is 12.4 Å². The zero-order chi connectivity index (χ0) is 10.7. The number of halogens is 1. The molecule has 0 aliphatic carbocycles. The third-order valence-electron chi connectivity index (χ3n) is 1.90. The maximum absolute atomic E-state index is 12.9. The summed E-state index contributed by atoms with van der Waals surface area (Å²) in [7, 11) is 1.74. The van der Waals surface area contributed by atoms with Crippen LogP contribution in [0.4, 0.5) is 10.2 Å². The zero-order valence-electron chi connectivity index (χ0n) is 8.11. The van der Waals surface area contributed by atoms with Crippen molar-refractivity contribution in [1.29, 1.82) is 0 Å². The first kappa shape index (κ1) is 9.51. The molecule has 0 radical (unpaired) electrons. The summed E-state index contributed by atoms with van der Waals surface area (Å²) in [5.74, 6) is 0.691. The molecular formula is C10H9FN4. The quantitative estimate of drug-likeness (QED) is 0.809. The maximum Gasteiger partial charge on any atom is 0.183 e. The summed E-state index contributed by atoms with van der Waals surface area (Å²) < 4.78 is 12.9. The van der Waals surface area contributed by atoms with Crippen LogP contribution in [0.15, 0.2) is 30.5 Å². The molecule has 0 saturated carbocycles. The van der Waals surface area contributed by atoms with Crippen LogP contribution in [-0.4, -0.2) is 22.2 Å². The summed E-state index contributed by atoms with van der Waals surface area (Å²) in [5.41, 5.74) is 0.611. The predicted octanol–water partition coefficient (Wildman–Crippen LogP) is 1.72. The first-order valence-electron chi connectivity index (χ1n) is 4.43. The fourth-order valence-electron chi connectivity index (χ4n) is 1.17. The molecule has 0 bridgehead atoms. The van der Waals surface area contributed by atoms with Crippen molar-refractivity contribution >= 4 is 5.82 Å². The first-order chi connectivity index (χ1) is 7.29. The van der Waals surface area contributed by atoms with Gasteiger partial charge in [0.2, 0.25) is 0 Å². The van der Waals surface area contributed by atoms with E-state index in [0.717, 1.165) is 0 Å². The van der Waals surface area contributed by atoms with Crippen LogP contribution < -0.4 is 5.32 Å². The van der Waals surface area contributed by atoms with Gasteiger partial charge < -0.3 is 5.32 Å². The van der Waals surface area contributed by atoms with Crippen LogP contribution in [0.5, 0.6) is 0 Å². The van der Waals surface area contributed by atoms with Gasteiger partial charge in [-0.15, -0.1) is 5.10 Å². The third kappa shape index (κ3) is 2.07. The zero-order valence-corrected chi connectivity index (χ0v) is 8.11. The van der Waals surface area contributed by atoms with E-state index < -0.39 is 0 Å². The Hall–Kier alpha value is -2.04. The van der Waals surface area contributed by atoms with E-state index in [1.807, 2.05) is 0 Å². The summed E-state index contributed by atoms with van der Waals surface area (Å²) in [4.78, 5) is 4.15. The van der Waals surface area contributed by atoms with Gasteiger partial charge in [-0.05, 0) is 12.1 Å². The normalized spacial score (nSPS) is 10.0. The molecule has 15 heavy (non-hydrogen) atoms. The molecule has 4 nitrogen and oxygen atoms in total. The van der Waals surface area contributed by atoms with Crippen molar-refractivity contribution in [2.24, 2.45) is 0 Å². The monoisotopic (exact) mass is 204 g/mol. The van der Waals surface area contributed by atoms with Gasteiger partial charge in [0.05, 0.1) is 6.20 Å². The highest BCUT2D eigenvalue weighted by molar-refractivity contribution is 5.55. The second-order valence-electron chi connectivity index (χ2n) is 2.93. The van der Waals surface area contributed by atoms with Gasteiger partial charge in [0.25, 0.3) is 0 Å². The molecule has 0 atom stereocenters. The minimum atomic E-state index is -0.314. The van der Waals surface area contributed by atoms with Gasteiger partial charge in [-0.25, -0.2) is 9.37 Å². The number of hydrogen-bond donors (Lipinski definition) is 1. The lowest BCUT2D eigenvalue weighted by Crippen LogP contribution is -1.98. The lowest BCUT2D eigenvalue weighted by molar-refractivity contribution is 0.628. The molecule has 0 unspecified atom stereocenters. The molecule has 5 heteroatoms. The molecule has 0 amide bonds. The molecule has 2 aromatic rings. The lowest BCUT2D eigenvalue weighted by Gasteiger charge is -2.01. The van der Waals surface area contributed by atoms with Gasteiger partial charge in [0.15, 0.2) is 5.82 Å². The topological polar surface area (TPSA) is 50.7 Å². The largest absolute Gasteiger partial charge is 0.372 e. The molecular weight excluding hydrogens is 195 g/mol. The van der Waals surface area contributed by atoms with Crippen molar-refractivity contribution in [3.63, 3.8) is 0 Å². The number of nitrogens with one attached hydrogen (secondary N) is 1. The number of aromatic nitrogens is 3. The van der Waals surface area contributed by atoms with Crippen LogP contribution in [0.1, 0.15) is 0 Å². The smallest absolute Gasteiger partial charge is 0.183 e. The van der Waals surface area contributed by atoms with Gasteiger partial charge in [-0.1, -0.05) is 12.1 Å². The molecule has 1 N–H and O–H groups in total. The maximum atomic E-state index is 12.9. The Kier molecular flexibility index (Phi) is 2.53. The van der Waals surface area contributed by atoms with Gasteiger partial charge in [-0.3, -0.25) is 0 Å². The molecule has 1 aromatic heterocycles. The number of hydrogen-bond acceptors (Lipinski definition) is 4. The first-order valence-corrected chi connectivity index (χ1v) is 4.43. The van der Waals surface area contributed by atoms with Gasteiger partial charge in [0, 0.05) is 12.6 Å². The average Bonchev–Trinajstić information content (AvgIpc) is 2.29. The minimum Gasteiger partial charge on any atom is -0.372 e. The van der Waals surface area contributed by atoms with Crippen molar-refractivity contribution in [1.82, 2.24) is 15.2 Å². The van der Waals surface area contributed by atoms with Crippen molar-refractivity contribution in [2.45, 2.75) is 0 Å². The number of rotatable bonds is 2. The fraction of sp³-hybridized carbons (Fsp3) is 0.100. The van der Waals surface area contributed by atoms with Gasteiger partial charge in [-0.2, -0.15) is 5.10 Å². The summed E-state index contributed by atoms with van der Waals surface area (Å²) in [6.45, 7) is 0. The third-order valence-corrected chi connectivity index (χ3v) is 1.90. The Morgan fingerprint density at radius 1 is 1.33 bits per heavy atom. The molecule has 1 heterocycles. The van der Waals surface area contributed by atoms with Crippen LogP contribution in [0, 0.1) is 5.82 Å². The van der Waals surface area contributed by atoms with E-state index in [1.54, 1.807) is 19.2 Å². The van der Waals surface area contributed by atoms with Crippen LogP contribution in [0.3, 0.4) is 0 Å². The average molecular weight is 204 g/mol. The predicted molar refractivity (Wildman–Crippen MR) is 54.8 cm³/mol. The SMILES string of the molecule is CNc1cnnc(-c2cccc(F)c2)n1. The van der Waals surface area contributed by atoms with Gasteiger partial charge in [0.1, 0.15) is 11.6 Å². The van der Waals surface area contributed by atoms with E-state index in [9.17, 15) is 4.39 Å². The summed E-state index contributed by atoms with van der Waals surface area (Å²) in [5, 5.41) is 10.4. The Morgan fingerprint density at radius 2 is 2.20 bits per heavy atom. The van der Waals surface area contributed by atoms with E-state index in [1.165, 1.54) is 18.3 Å². The van der Waals surface area contributed by atoms with Crippen LogP contribution in [-0.2, 0) is 0 Å². The molecule has 0 aliphatic rings. The highest BCUT2D eigenvalue weighted by atomic mass is 19.1. The Bertz CT molecular complexity index is 472. The minimum absolute atomic E-state index is 0.314. The van der Waals surface area contributed by atoms with Crippen LogP contribution in [0.25, 0.3) is 11.4 Å². The van der Waals surface area contributed by atoms with E-state index in [4.69, 9.17) is 0 Å². The molecule has 76 valence electrons. The Labute approximate surface area is 86.2 Å². The highest BCUT2D eigenvalue weighted by Crippen LogP contribution is 2.15. The van der Waals surface area contributed by atoms with Gasteiger partial charge >= 0.3 is 0 Å². The molecule has 0 fully saturated rings. The molecule has 0 saturated heterocycles. The number of benzene rings is 1. The number of nitrogens with zero attached hydrogens (tertiary/aromatic N) is 3. The van der Waals surface area contributed by atoms with E-state index in [0.29, 0.717) is 17.2 Å². The molecule has 2 rings (SSSR count). The molecule has 0 spiro atoms. The Balaban J connectivity index is 2.44. The molecule has 1 aromatic carbocycles. The molecule has 0 aliphatic heterocycles. The van der Waals surface area contributed by atoms with E-state index >= 15 is 0 Å². The number of anilines is 1. The fourth-order valence-corrected chi connectivity index (χ4v) is 1.17. The van der Waals surface area contributed by atoms with E-state index in [-0.39, 0.29) is 5.82 Å². The summed E-state index contributed by atoms with van der Waals surface area (Å²) in [6.07, 6.45) is 1.50. The standard InChI is InChI=1S/C10H9FN4/c1-12-9-6-13-15-10(14-9)7-3-2-4-8(11)5-7/h2-6H,1H3,(H,12,14,15). The van der Waals surface area contributed by atoms with Crippen molar-refractivity contribution in [3.05, 3.63) is 36.3 Å².